The Kier molecular flexibility index (Phi) is 1.78. The van der Waals surface area contributed by atoms with Gasteiger partial charge < -0.3 is 4.42 Å². The molecule has 1 rings (SSSR count). The van der Waals surface area contributed by atoms with Crippen molar-refractivity contribution in [1.29, 1.82) is 0 Å². The van der Waals surface area contributed by atoms with Gasteiger partial charge in [-0.3, -0.25) is 0 Å². The number of halogens is 1. The minimum atomic E-state index is -0.255. The van der Waals surface area contributed by atoms with E-state index in [-0.39, 0.29) is 11.2 Å². The minimum Gasteiger partial charge on any atom is -0.463 e. The minimum absolute atomic E-state index is 0.102. The van der Waals surface area contributed by atoms with Gasteiger partial charge in [0.1, 0.15) is 11.5 Å². The third-order valence-electron chi connectivity index (χ3n) is 1.60. The number of hydrogen-bond donors (Lipinski definition) is 0. The molecule has 0 aromatic carbocycles. The van der Waals surface area contributed by atoms with Gasteiger partial charge in [0.25, 0.3) is 0 Å². The zero-order valence-electron chi connectivity index (χ0n) is 7.36. The summed E-state index contributed by atoms with van der Waals surface area (Å²) in [6, 6.07) is 1.45. The van der Waals surface area contributed by atoms with E-state index in [0.29, 0.717) is 11.5 Å². The summed E-state index contributed by atoms with van der Waals surface area (Å²) in [5.74, 6) is 0.817. The lowest BCUT2D eigenvalue weighted by Gasteiger charge is -2.13. The van der Waals surface area contributed by atoms with E-state index >= 15 is 0 Å². The SMILES string of the molecule is Cc1oc(C(C)(C)C)cc1F. The molecule has 0 radical (unpaired) electrons. The average Bonchev–Trinajstić information content (AvgIpc) is 2.11. The molecule has 0 aliphatic heterocycles. The standard InChI is InChI=1S/C9H13FO/c1-6-7(10)5-8(11-6)9(2,3)4/h5H,1-4H3. The van der Waals surface area contributed by atoms with Crippen LogP contribution in [0.4, 0.5) is 4.39 Å². The molecule has 0 aliphatic carbocycles. The first kappa shape index (κ1) is 8.31. The molecule has 11 heavy (non-hydrogen) atoms. The average molecular weight is 156 g/mol. The Balaban J connectivity index is 3.08. The Morgan fingerprint density at radius 1 is 1.36 bits per heavy atom. The van der Waals surface area contributed by atoms with Crippen LogP contribution in [0.2, 0.25) is 0 Å². The van der Waals surface area contributed by atoms with Crippen molar-refractivity contribution in [2.75, 3.05) is 0 Å². The molecule has 0 saturated carbocycles. The van der Waals surface area contributed by atoms with E-state index in [0.717, 1.165) is 0 Å². The number of hydrogen-bond acceptors (Lipinski definition) is 1. The first-order valence-electron chi connectivity index (χ1n) is 3.67. The van der Waals surface area contributed by atoms with Crippen molar-refractivity contribution in [3.05, 3.63) is 23.4 Å². The highest BCUT2D eigenvalue weighted by Gasteiger charge is 2.19. The number of rotatable bonds is 0. The van der Waals surface area contributed by atoms with Gasteiger partial charge in [0.05, 0.1) is 0 Å². The van der Waals surface area contributed by atoms with E-state index in [1.54, 1.807) is 6.92 Å². The molecule has 0 unspecified atom stereocenters. The van der Waals surface area contributed by atoms with Gasteiger partial charge in [-0.25, -0.2) is 4.39 Å². The Morgan fingerprint density at radius 3 is 2.09 bits per heavy atom. The molecule has 1 nitrogen and oxygen atoms in total. The Morgan fingerprint density at radius 2 is 1.91 bits per heavy atom. The largest absolute Gasteiger partial charge is 0.463 e. The fourth-order valence-electron chi connectivity index (χ4n) is 0.829. The lowest BCUT2D eigenvalue weighted by Crippen LogP contribution is -2.09. The molecule has 2 heteroatoms. The number of furan rings is 1. The monoisotopic (exact) mass is 156 g/mol. The molecule has 0 N–H and O–H groups in total. The van der Waals surface area contributed by atoms with Crippen LogP contribution in [-0.4, -0.2) is 0 Å². The van der Waals surface area contributed by atoms with Crippen molar-refractivity contribution in [1.82, 2.24) is 0 Å². The van der Waals surface area contributed by atoms with Crippen LogP contribution in [0.25, 0.3) is 0 Å². The van der Waals surface area contributed by atoms with Crippen molar-refractivity contribution in [2.24, 2.45) is 0 Å². The normalized spacial score (nSPS) is 12.1. The summed E-state index contributed by atoms with van der Waals surface area (Å²) in [4.78, 5) is 0. The molecule has 0 amide bonds. The molecule has 0 atom stereocenters. The van der Waals surface area contributed by atoms with Crippen molar-refractivity contribution in [2.45, 2.75) is 33.1 Å². The number of aryl methyl sites for hydroxylation is 1. The van der Waals surface area contributed by atoms with Crippen LogP contribution < -0.4 is 0 Å². The van der Waals surface area contributed by atoms with Crippen LogP contribution in [0.15, 0.2) is 10.5 Å². The maximum atomic E-state index is 12.8. The Hall–Kier alpha value is -0.790. The van der Waals surface area contributed by atoms with E-state index in [1.165, 1.54) is 6.07 Å². The first-order valence-corrected chi connectivity index (χ1v) is 3.67. The van der Waals surface area contributed by atoms with Crippen molar-refractivity contribution in [3.8, 4) is 0 Å². The molecule has 0 saturated heterocycles. The summed E-state index contributed by atoms with van der Waals surface area (Å²) in [5.41, 5.74) is -0.102. The maximum absolute atomic E-state index is 12.8. The van der Waals surface area contributed by atoms with Crippen molar-refractivity contribution in [3.63, 3.8) is 0 Å². The fraction of sp³-hybridized carbons (Fsp3) is 0.556. The third kappa shape index (κ3) is 1.62. The molecule has 1 heterocycles. The lowest BCUT2D eigenvalue weighted by atomic mass is 9.94. The highest BCUT2D eigenvalue weighted by Crippen LogP contribution is 2.25. The lowest BCUT2D eigenvalue weighted by molar-refractivity contribution is 0.390. The smallest absolute Gasteiger partial charge is 0.164 e. The predicted octanol–water partition coefficient (Wildman–Crippen LogP) is 3.02. The molecule has 0 spiro atoms. The molecule has 0 aliphatic rings. The summed E-state index contributed by atoms with van der Waals surface area (Å²) < 4.78 is 18.0. The maximum Gasteiger partial charge on any atom is 0.164 e. The molecule has 0 fully saturated rings. The molecular formula is C9H13FO. The van der Waals surface area contributed by atoms with Crippen LogP contribution in [-0.2, 0) is 5.41 Å². The van der Waals surface area contributed by atoms with Gasteiger partial charge in [0.15, 0.2) is 5.82 Å². The van der Waals surface area contributed by atoms with Crippen molar-refractivity contribution >= 4 is 0 Å². The summed E-state index contributed by atoms with van der Waals surface area (Å²) in [5, 5.41) is 0. The second-order valence-electron chi connectivity index (χ2n) is 3.76. The first-order chi connectivity index (χ1) is 4.91. The molecule has 1 aromatic rings. The predicted molar refractivity (Wildman–Crippen MR) is 42.1 cm³/mol. The van der Waals surface area contributed by atoms with E-state index in [4.69, 9.17) is 4.42 Å². The van der Waals surface area contributed by atoms with Crippen LogP contribution in [0.1, 0.15) is 32.3 Å². The van der Waals surface area contributed by atoms with Gasteiger partial charge in [-0.05, 0) is 6.92 Å². The van der Waals surface area contributed by atoms with Crippen LogP contribution in [0, 0.1) is 12.7 Å². The third-order valence-corrected chi connectivity index (χ3v) is 1.60. The van der Waals surface area contributed by atoms with Gasteiger partial charge >= 0.3 is 0 Å². The fourth-order valence-corrected chi connectivity index (χ4v) is 0.829. The van der Waals surface area contributed by atoms with E-state index < -0.39 is 0 Å². The topological polar surface area (TPSA) is 13.1 Å². The summed E-state index contributed by atoms with van der Waals surface area (Å²) in [6.07, 6.45) is 0. The zero-order valence-corrected chi connectivity index (χ0v) is 7.36. The second kappa shape index (κ2) is 2.36. The highest BCUT2D eigenvalue weighted by atomic mass is 19.1. The summed E-state index contributed by atoms with van der Waals surface area (Å²) >= 11 is 0. The van der Waals surface area contributed by atoms with Crippen LogP contribution >= 0.6 is 0 Å². The van der Waals surface area contributed by atoms with E-state index in [9.17, 15) is 4.39 Å². The van der Waals surface area contributed by atoms with Crippen molar-refractivity contribution < 1.29 is 8.81 Å². The summed E-state index contributed by atoms with van der Waals surface area (Å²) in [7, 11) is 0. The van der Waals surface area contributed by atoms with Gasteiger partial charge in [-0.1, -0.05) is 20.8 Å². The van der Waals surface area contributed by atoms with Crippen LogP contribution in [0.3, 0.4) is 0 Å². The van der Waals surface area contributed by atoms with E-state index in [1.807, 2.05) is 20.8 Å². The Labute approximate surface area is 66.2 Å². The molecule has 62 valence electrons. The van der Waals surface area contributed by atoms with E-state index in [2.05, 4.69) is 0 Å². The zero-order chi connectivity index (χ0) is 8.65. The van der Waals surface area contributed by atoms with Crippen LogP contribution in [0.5, 0.6) is 0 Å². The quantitative estimate of drug-likeness (QED) is 0.562. The Bertz CT molecular complexity index is 236. The molecular weight excluding hydrogens is 143 g/mol. The van der Waals surface area contributed by atoms with Gasteiger partial charge in [-0.2, -0.15) is 0 Å². The van der Waals surface area contributed by atoms with Gasteiger partial charge in [0, 0.05) is 11.5 Å². The molecule has 0 bridgehead atoms. The van der Waals surface area contributed by atoms with Gasteiger partial charge in [-0.15, -0.1) is 0 Å². The molecule has 1 aromatic heterocycles. The summed E-state index contributed by atoms with van der Waals surface area (Å²) in [6.45, 7) is 7.60. The highest BCUT2D eigenvalue weighted by molar-refractivity contribution is 5.15. The van der Waals surface area contributed by atoms with Gasteiger partial charge in [0.2, 0.25) is 0 Å². The second-order valence-corrected chi connectivity index (χ2v) is 3.76.